The molecule has 5 nitrogen and oxygen atoms in total. The van der Waals surface area contributed by atoms with Gasteiger partial charge in [-0.15, -0.1) is 11.3 Å². The first-order chi connectivity index (χ1) is 18.0. The average molecular weight is 529 g/mol. The standard InChI is InChI=1S/C30H29ClN4OS/c1-20(2)30(36)34-15-13-33(14-16-34)19-25-29(21-7-10-24(31)11-8-21)32-28-12-9-23(18-35(25)28)27-17-22-5-3-4-6-26(22)37-27/h3-12,17-18,20H,13-16,19H2,1-2H3. The molecular weight excluding hydrogens is 500 g/mol. The first-order valence-corrected chi connectivity index (χ1v) is 13.9. The predicted molar refractivity (Wildman–Crippen MR) is 153 cm³/mol. The fourth-order valence-corrected chi connectivity index (χ4v) is 6.24. The van der Waals surface area contributed by atoms with Crippen molar-refractivity contribution in [2.45, 2.75) is 20.4 Å². The molecule has 0 saturated carbocycles. The molecule has 1 aliphatic rings. The number of pyridine rings is 1. The van der Waals surface area contributed by atoms with Crippen molar-refractivity contribution >= 4 is 44.6 Å². The summed E-state index contributed by atoms with van der Waals surface area (Å²) >= 11 is 8.01. The van der Waals surface area contributed by atoms with Gasteiger partial charge in [-0.05, 0) is 41.8 Å². The number of halogens is 1. The summed E-state index contributed by atoms with van der Waals surface area (Å²) in [5.41, 5.74) is 5.30. The topological polar surface area (TPSA) is 40.9 Å². The molecule has 0 unspecified atom stereocenters. The third kappa shape index (κ3) is 4.77. The van der Waals surface area contributed by atoms with Crippen LogP contribution in [0.1, 0.15) is 19.5 Å². The summed E-state index contributed by atoms with van der Waals surface area (Å²) in [7, 11) is 0. The monoisotopic (exact) mass is 528 g/mol. The van der Waals surface area contributed by atoms with E-state index in [-0.39, 0.29) is 11.8 Å². The van der Waals surface area contributed by atoms with E-state index in [1.807, 2.05) is 54.3 Å². The third-order valence-corrected chi connectivity index (χ3v) is 8.51. The fraction of sp³-hybridized carbons (Fsp3) is 0.267. The Labute approximate surface area is 225 Å². The second-order valence-electron chi connectivity index (χ2n) is 9.96. The zero-order valence-corrected chi connectivity index (χ0v) is 22.6. The number of fused-ring (bicyclic) bond motifs is 2. The van der Waals surface area contributed by atoms with E-state index in [1.165, 1.54) is 20.5 Å². The van der Waals surface area contributed by atoms with Gasteiger partial charge in [-0.1, -0.05) is 55.8 Å². The molecule has 7 heteroatoms. The Morgan fingerprint density at radius 1 is 0.973 bits per heavy atom. The molecule has 37 heavy (non-hydrogen) atoms. The van der Waals surface area contributed by atoms with Gasteiger partial charge in [0.25, 0.3) is 0 Å². The number of thiophene rings is 1. The lowest BCUT2D eigenvalue weighted by atomic mass is 10.1. The maximum Gasteiger partial charge on any atom is 0.225 e. The Kier molecular flexibility index (Phi) is 6.49. The number of nitrogens with zero attached hydrogens (tertiary/aromatic N) is 4. The Bertz CT molecular complexity index is 1550. The van der Waals surface area contributed by atoms with Gasteiger partial charge in [-0.25, -0.2) is 4.98 Å². The second-order valence-corrected chi connectivity index (χ2v) is 11.5. The highest BCUT2D eigenvalue weighted by molar-refractivity contribution is 7.22. The molecule has 0 spiro atoms. The average Bonchev–Trinajstić information content (AvgIpc) is 3.50. The predicted octanol–water partition coefficient (Wildman–Crippen LogP) is 6.84. The van der Waals surface area contributed by atoms with Crippen molar-refractivity contribution in [3.05, 3.63) is 83.6 Å². The molecule has 1 amide bonds. The Balaban J connectivity index is 1.38. The second kappa shape index (κ2) is 9.93. The summed E-state index contributed by atoms with van der Waals surface area (Å²) in [5, 5.41) is 1.98. The summed E-state index contributed by atoms with van der Waals surface area (Å²) in [5.74, 6) is 0.276. The molecule has 0 N–H and O–H groups in total. The highest BCUT2D eigenvalue weighted by Crippen LogP contribution is 2.35. The van der Waals surface area contributed by atoms with Gasteiger partial charge >= 0.3 is 0 Å². The van der Waals surface area contributed by atoms with Crippen LogP contribution in [-0.2, 0) is 11.3 Å². The SMILES string of the molecule is CC(C)C(=O)N1CCN(Cc2c(-c3ccc(Cl)cc3)nc3ccc(-c4cc5ccccc5s4)cn23)CC1. The maximum atomic E-state index is 12.5. The lowest BCUT2D eigenvalue weighted by Crippen LogP contribution is -2.49. The number of carbonyl (C=O) groups excluding carboxylic acids is 1. The lowest BCUT2D eigenvalue weighted by Gasteiger charge is -2.35. The van der Waals surface area contributed by atoms with Gasteiger partial charge in [-0.3, -0.25) is 9.69 Å². The van der Waals surface area contributed by atoms with Crippen molar-refractivity contribution in [3.63, 3.8) is 0 Å². The smallest absolute Gasteiger partial charge is 0.225 e. The van der Waals surface area contributed by atoms with Crippen molar-refractivity contribution in [1.29, 1.82) is 0 Å². The van der Waals surface area contributed by atoms with E-state index in [0.29, 0.717) is 5.02 Å². The van der Waals surface area contributed by atoms with Gasteiger partial charge in [0.15, 0.2) is 0 Å². The number of aromatic nitrogens is 2. The number of piperazine rings is 1. The van der Waals surface area contributed by atoms with E-state index in [4.69, 9.17) is 16.6 Å². The molecule has 5 aromatic rings. The van der Waals surface area contributed by atoms with E-state index in [9.17, 15) is 4.79 Å². The number of benzene rings is 2. The zero-order valence-electron chi connectivity index (χ0n) is 21.0. The quantitative estimate of drug-likeness (QED) is 0.251. The molecule has 0 atom stereocenters. The van der Waals surface area contributed by atoms with Crippen molar-refractivity contribution in [1.82, 2.24) is 19.2 Å². The molecule has 0 bridgehead atoms. The third-order valence-electron chi connectivity index (χ3n) is 7.10. The molecule has 188 valence electrons. The van der Waals surface area contributed by atoms with Crippen molar-refractivity contribution < 1.29 is 4.79 Å². The van der Waals surface area contributed by atoms with Gasteiger partial charge in [0.2, 0.25) is 5.91 Å². The minimum atomic E-state index is 0.0363. The Hall–Kier alpha value is -3.19. The van der Waals surface area contributed by atoms with Crippen molar-refractivity contribution in [2.24, 2.45) is 5.92 Å². The molecule has 0 radical (unpaired) electrons. The van der Waals surface area contributed by atoms with Crippen LogP contribution in [0, 0.1) is 5.92 Å². The van der Waals surface area contributed by atoms with Gasteiger partial charge < -0.3 is 9.30 Å². The van der Waals surface area contributed by atoms with E-state index in [2.05, 4.69) is 58.0 Å². The summed E-state index contributed by atoms with van der Waals surface area (Å²) in [6.07, 6.45) is 2.22. The normalized spacial score (nSPS) is 14.8. The Morgan fingerprint density at radius 3 is 2.43 bits per heavy atom. The van der Waals surface area contributed by atoms with Crippen LogP contribution < -0.4 is 0 Å². The lowest BCUT2D eigenvalue weighted by molar-refractivity contribution is -0.136. The van der Waals surface area contributed by atoms with Crippen LogP contribution in [-0.4, -0.2) is 51.3 Å². The summed E-state index contributed by atoms with van der Waals surface area (Å²) in [6, 6.07) is 23.0. The summed E-state index contributed by atoms with van der Waals surface area (Å²) < 4.78 is 3.54. The van der Waals surface area contributed by atoms with Gasteiger partial charge in [0.05, 0.1) is 11.4 Å². The highest BCUT2D eigenvalue weighted by Gasteiger charge is 2.25. The number of carbonyl (C=O) groups is 1. The zero-order chi connectivity index (χ0) is 25.5. The van der Waals surface area contributed by atoms with Crippen molar-refractivity contribution in [3.8, 4) is 21.7 Å². The van der Waals surface area contributed by atoms with Crippen LogP contribution in [0.5, 0.6) is 0 Å². The molecular formula is C30H29ClN4OS. The minimum Gasteiger partial charge on any atom is -0.340 e. The number of rotatable bonds is 5. The van der Waals surface area contributed by atoms with Crippen LogP contribution in [0.4, 0.5) is 0 Å². The Morgan fingerprint density at radius 2 is 1.70 bits per heavy atom. The van der Waals surface area contributed by atoms with Crippen LogP contribution in [0.3, 0.4) is 0 Å². The minimum absolute atomic E-state index is 0.0363. The van der Waals surface area contributed by atoms with Gasteiger partial charge in [-0.2, -0.15) is 0 Å². The first-order valence-electron chi connectivity index (χ1n) is 12.7. The molecule has 4 heterocycles. The molecule has 2 aromatic carbocycles. The number of imidazole rings is 1. The first kappa shape index (κ1) is 24.2. The molecule has 0 aliphatic carbocycles. The van der Waals surface area contributed by atoms with Crippen LogP contribution in [0.15, 0.2) is 72.9 Å². The van der Waals surface area contributed by atoms with Gasteiger partial charge in [0, 0.05) is 70.6 Å². The molecule has 3 aromatic heterocycles. The largest absolute Gasteiger partial charge is 0.340 e. The number of hydrogen-bond acceptors (Lipinski definition) is 4. The molecule has 1 saturated heterocycles. The molecule has 1 aliphatic heterocycles. The number of hydrogen-bond donors (Lipinski definition) is 0. The molecule has 6 rings (SSSR count). The van der Waals surface area contributed by atoms with E-state index >= 15 is 0 Å². The van der Waals surface area contributed by atoms with Crippen LogP contribution in [0.2, 0.25) is 5.02 Å². The van der Waals surface area contributed by atoms with E-state index in [1.54, 1.807) is 0 Å². The summed E-state index contributed by atoms with van der Waals surface area (Å²) in [6.45, 7) is 7.93. The van der Waals surface area contributed by atoms with E-state index in [0.717, 1.165) is 55.3 Å². The van der Waals surface area contributed by atoms with E-state index < -0.39 is 0 Å². The summed E-state index contributed by atoms with van der Waals surface area (Å²) in [4.78, 5) is 23.2. The number of amides is 1. The van der Waals surface area contributed by atoms with Crippen molar-refractivity contribution in [2.75, 3.05) is 26.2 Å². The fourth-order valence-electron chi connectivity index (χ4n) is 5.06. The highest BCUT2D eigenvalue weighted by atomic mass is 35.5. The van der Waals surface area contributed by atoms with Crippen LogP contribution in [0.25, 0.3) is 37.4 Å². The molecule has 1 fully saturated rings. The van der Waals surface area contributed by atoms with Crippen LogP contribution >= 0.6 is 22.9 Å². The maximum absolute atomic E-state index is 12.5. The van der Waals surface area contributed by atoms with Gasteiger partial charge in [0.1, 0.15) is 5.65 Å².